The smallest absolute Gasteiger partial charge is 0.292 e. The number of nitrogens with two attached hydrogens (primary N) is 2. The molecule has 5 N–H and O–H groups in total. The molecule has 1 aliphatic rings. The van der Waals surface area contributed by atoms with Crippen LogP contribution in [0.5, 0.6) is 5.75 Å². The molecule has 0 amide bonds. The van der Waals surface area contributed by atoms with Gasteiger partial charge in [-0.15, -0.1) is 0 Å². The SMILES string of the molecule is CC.Nc1nc2c(OC3=CCC(N)Cc4ncccc43)ccnc2[nH]c1=O. The Hall–Kier alpha value is -3.26. The first-order valence-corrected chi connectivity index (χ1v) is 8.84. The Morgan fingerprint density at radius 2 is 2.04 bits per heavy atom. The minimum Gasteiger partial charge on any atom is -0.455 e. The lowest BCUT2D eigenvalue weighted by Crippen LogP contribution is -2.21. The molecule has 1 unspecified atom stereocenters. The van der Waals surface area contributed by atoms with E-state index in [0.29, 0.717) is 35.5 Å². The van der Waals surface area contributed by atoms with E-state index in [9.17, 15) is 4.79 Å². The van der Waals surface area contributed by atoms with Crippen LogP contribution in [-0.2, 0) is 6.42 Å². The van der Waals surface area contributed by atoms with Gasteiger partial charge in [-0.3, -0.25) is 9.78 Å². The van der Waals surface area contributed by atoms with Crippen molar-refractivity contribution in [3.63, 3.8) is 0 Å². The van der Waals surface area contributed by atoms with Gasteiger partial charge in [0, 0.05) is 36.5 Å². The van der Waals surface area contributed by atoms with Gasteiger partial charge in [0.05, 0.1) is 5.69 Å². The van der Waals surface area contributed by atoms with Crippen LogP contribution in [0.2, 0.25) is 0 Å². The van der Waals surface area contributed by atoms with Crippen molar-refractivity contribution in [2.24, 2.45) is 5.73 Å². The van der Waals surface area contributed by atoms with Crippen molar-refractivity contribution < 1.29 is 4.74 Å². The monoisotopic (exact) mass is 366 g/mol. The third kappa shape index (κ3) is 3.80. The fourth-order valence-electron chi connectivity index (χ4n) is 2.80. The van der Waals surface area contributed by atoms with E-state index < -0.39 is 5.56 Å². The van der Waals surface area contributed by atoms with Gasteiger partial charge in [-0.05, 0) is 24.6 Å². The predicted octanol–water partition coefficient (Wildman–Crippen LogP) is 2.01. The van der Waals surface area contributed by atoms with E-state index >= 15 is 0 Å². The first-order chi connectivity index (χ1) is 13.1. The molecule has 0 radical (unpaired) electrons. The van der Waals surface area contributed by atoms with Gasteiger partial charge in [0.1, 0.15) is 5.76 Å². The number of ether oxygens (including phenoxy) is 1. The fourth-order valence-corrected chi connectivity index (χ4v) is 2.80. The second-order valence-electron chi connectivity index (χ2n) is 5.83. The number of pyridine rings is 2. The Labute approximate surface area is 156 Å². The average Bonchev–Trinajstić information content (AvgIpc) is 2.84. The van der Waals surface area contributed by atoms with Crippen molar-refractivity contribution >= 4 is 22.7 Å². The number of nitrogen functional groups attached to an aromatic ring is 1. The molecule has 0 aliphatic heterocycles. The van der Waals surface area contributed by atoms with Gasteiger partial charge in [-0.25, -0.2) is 9.97 Å². The molecule has 140 valence electrons. The molecule has 1 atom stereocenters. The summed E-state index contributed by atoms with van der Waals surface area (Å²) in [6.07, 6.45) is 6.57. The molecule has 3 heterocycles. The Morgan fingerprint density at radius 1 is 1.22 bits per heavy atom. The summed E-state index contributed by atoms with van der Waals surface area (Å²) >= 11 is 0. The lowest BCUT2D eigenvalue weighted by atomic mass is 10.1. The highest BCUT2D eigenvalue weighted by molar-refractivity contribution is 5.80. The highest BCUT2D eigenvalue weighted by Gasteiger charge is 2.19. The zero-order valence-corrected chi connectivity index (χ0v) is 15.3. The van der Waals surface area contributed by atoms with Crippen molar-refractivity contribution in [2.45, 2.75) is 32.7 Å². The van der Waals surface area contributed by atoms with Crippen LogP contribution in [-0.4, -0.2) is 26.0 Å². The van der Waals surface area contributed by atoms with E-state index in [1.54, 1.807) is 18.5 Å². The number of nitrogens with zero attached hydrogens (tertiary/aromatic N) is 3. The summed E-state index contributed by atoms with van der Waals surface area (Å²) < 4.78 is 6.10. The quantitative estimate of drug-likeness (QED) is 0.632. The first-order valence-electron chi connectivity index (χ1n) is 8.84. The predicted molar refractivity (Wildman–Crippen MR) is 105 cm³/mol. The third-order valence-electron chi connectivity index (χ3n) is 4.02. The Kier molecular flexibility index (Phi) is 5.46. The summed E-state index contributed by atoms with van der Waals surface area (Å²) in [5, 5.41) is 0. The molecule has 0 fully saturated rings. The number of anilines is 1. The average molecular weight is 366 g/mol. The maximum atomic E-state index is 11.6. The van der Waals surface area contributed by atoms with E-state index in [0.717, 1.165) is 11.3 Å². The number of fused-ring (bicyclic) bond motifs is 2. The van der Waals surface area contributed by atoms with E-state index in [1.165, 1.54) is 0 Å². The van der Waals surface area contributed by atoms with Gasteiger partial charge in [0.15, 0.2) is 22.7 Å². The van der Waals surface area contributed by atoms with Crippen LogP contribution < -0.4 is 21.8 Å². The van der Waals surface area contributed by atoms with Crippen LogP contribution in [0, 0.1) is 0 Å². The minimum atomic E-state index is -0.480. The van der Waals surface area contributed by atoms with E-state index in [2.05, 4.69) is 19.9 Å². The molecule has 8 heteroatoms. The minimum absolute atomic E-state index is 0.0194. The zero-order valence-electron chi connectivity index (χ0n) is 15.3. The summed E-state index contributed by atoms with van der Waals surface area (Å²) in [4.78, 5) is 26.8. The molecule has 0 bridgehead atoms. The van der Waals surface area contributed by atoms with Gasteiger partial charge >= 0.3 is 0 Å². The largest absolute Gasteiger partial charge is 0.455 e. The zero-order chi connectivity index (χ0) is 19.4. The van der Waals surface area contributed by atoms with E-state index in [1.807, 2.05) is 32.1 Å². The van der Waals surface area contributed by atoms with Gasteiger partial charge in [-0.1, -0.05) is 13.8 Å². The summed E-state index contributed by atoms with van der Waals surface area (Å²) in [5.41, 5.74) is 13.7. The van der Waals surface area contributed by atoms with E-state index in [-0.39, 0.29) is 11.9 Å². The molecule has 3 aromatic heterocycles. The third-order valence-corrected chi connectivity index (χ3v) is 4.02. The van der Waals surface area contributed by atoms with Crippen LogP contribution in [0.15, 0.2) is 41.5 Å². The van der Waals surface area contributed by atoms with E-state index in [4.69, 9.17) is 16.2 Å². The number of aromatic nitrogens is 4. The molecular formula is C19H22N6O2. The molecule has 8 nitrogen and oxygen atoms in total. The standard InChI is InChI=1S/C17H16N6O2.C2H6/c18-9-3-4-12(10-2-1-6-20-11(10)8-9)25-13-5-7-21-16-14(13)22-15(19)17(24)23-16;1-2/h1-2,4-7,9H,3,8,18H2,(H2,19,22)(H,21,23,24);1-2H3. The molecule has 0 saturated heterocycles. The van der Waals surface area contributed by atoms with Crippen LogP contribution in [0.25, 0.3) is 16.9 Å². The normalized spacial score (nSPS) is 15.8. The van der Waals surface area contributed by atoms with Gasteiger partial charge in [0.2, 0.25) is 0 Å². The van der Waals surface area contributed by atoms with Crippen molar-refractivity contribution in [1.82, 2.24) is 19.9 Å². The summed E-state index contributed by atoms with van der Waals surface area (Å²) in [6.45, 7) is 4.00. The molecule has 27 heavy (non-hydrogen) atoms. The number of hydrogen-bond donors (Lipinski definition) is 3. The molecule has 3 aromatic rings. The van der Waals surface area contributed by atoms with Crippen molar-refractivity contribution in [2.75, 3.05) is 5.73 Å². The molecule has 0 spiro atoms. The molecule has 4 rings (SSSR count). The van der Waals surface area contributed by atoms with Crippen molar-refractivity contribution in [3.8, 4) is 5.75 Å². The van der Waals surface area contributed by atoms with Crippen molar-refractivity contribution in [3.05, 3.63) is 58.3 Å². The lowest BCUT2D eigenvalue weighted by molar-refractivity contribution is 0.516. The van der Waals surface area contributed by atoms with Crippen LogP contribution in [0.1, 0.15) is 31.5 Å². The van der Waals surface area contributed by atoms with Crippen LogP contribution in [0.4, 0.5) is 5.82 Å². The number of hydrogen-bond acceptors (Lipinski definition) is 7. The molecular weight excluding hydrogens is 344 g/mol. The molecule has 0 saturated carbocycles. The van der Waals surface area contributed by atoms with Crippen LogP contribution in [0.3, 0.4) is 0 Å². The highest BCUT2D eigenvalue weighted by atomic mass is 16.5. The maximum absolute atomic E-state index is 11.6. The Morgan fingerprint density at radius 3 is 2.85 bits per heavy atom. The van der Waals surface area contributed by atoms with Crippen molar-refractivity contribution in [1.29, 1.82) is 0 Å². The number of aromatic amines is 1. The Balaban J connectivity index is 0.00000102. The van der Waals surface area contributed by atoms with Gasteiger partial charge in [-0.2, -0.15) is 0 Å². The highest BCUT2D eigenvalue weighted by Crippen LogP contribution is 2.29. The van der Waals surface area contributed by atoms with Gasteiger partial charge < -0.3 is 21.2 Å². The number of rotatable bonds is 2. The molecule has 1 aliphatic carbocycles. The number of H-pyrrole nitrogens is 1. The fraction of sp³-hybridized carbons (Fsp3) is 0.263. The summed E-state index contributed by atoms with van der Waals surface area (Å²) in [5.74, 6) is 0.962. The van der Waals surface area contributed by atoms with Crippen LogP contribution >= 0.6 is 0 Å². The first kappa shape index (κ1) is 18.5. The lowest BCUT2D eigenvalue weighted by Gasteiger charge is -2.13. The summed E-state index contributed by atoms with van der Waals surface area (Å²) in [6, 6.07) is 5.45. The second kappa shape index (κ2) is 7.96. The number of nitrogens with one attached hydrogen (secondary N) is 1. The molecule has 0 aromatic carbocycles. The maximum Gasteiger partial charge on any atom is 0.292 e. The topological polar surface area (TPSA) is 133 Å². The second-order valence-corrected chi connectivity index (χ2v) is 5.83. The van der Waals surface area contributed by atoms with Gasteiger partial charge in [0.25, 0.3) is 5.56 Å². The Bertz CT molecular complexity index is 1040. The summed E-state index contributed by atoms with van der Waals surface area (Å²) in [7, 11) is 0.